The number of carbonyl (C=O) groups is 2. The lowest BCUT2D eigenvalue weighted by molar-refractivity contribution is -0.137. The number of nitrogens with two attached hydrogens (primary N) is 1. The predicted octanol–water partition coefficient (Wildman–Crippen LogP) is 2.52. The van der Waals surface area contributed by atoms with Crippen LogP contribution in [-0.4, -0.2) is 17.0 Å². The van der Waals surface area contributed by atoms with Gasteiger partial charge in [0.1, 0.15) is 6.61 Å². The molecule has 3 N–H and O–H groups in total. The van der Waals surface area contributed by atoms with Crippen LogP contribution in [0.25, 0.3) is 0 Å². The lowest BCUT2D eigenvalue weighted by atomic mass is 10.0. The molecule has 0 fully saturated rings. The third-order valence-corrected chi connectivity index (χ3v) is 3.18. The van der Waals surface area contributed by atoms with E-state index in [0.717, 1.165) is 5.56 Å². The Hall–Kier alpha value is -2.66. The van der Waals surface area contributed by atoms with Gasteiger partial charge < -0.3 is 15.6 Å². The van der Waals surface area contributed by atoms with Gasteiger partial charge in [-0.25, -0.2) is 4.79 Å². The Morgan fingerprint density at radius 3 is 2.27 bits per heavy atom. The average molecular weight is 299 g/mol. The standard InChI is InChI=1S/C17H17NO4/c18-15(10-16(19)20)13-6-8-14(9-7-13)17(21)22-11-12-4-2-1-3-5-12/h1-9,15H,10-11,18H2,(H,19,20). The van der Waals surface area contributed by atoms with E-state index in [1.54, 1.807) is 24.3 Å². The maximum atomic E-state index is 11.9. The third-order valence-electron chi connectivity index (χ3n) is 3.18. The summed E-state index contributed by atoms with van der Waals surface area (Å²) in [7, 11) is 0. The summed E-state index contributed by atoms with van der Waals surface area (Å²) in [5.74, 6) is -1.39. The summed E-state index contributed by atoms with van der Waals surface area (Å²) in [6.07, 6.45) is -0.155. The molecule has 0 aliphatic carbocycles. The Kier molecular flexibility index (Phi) is 5.27. The van der Waals surface area contributed by atoms with Crippen molar-refractivity contribution >= 4 is 11.9 Å². The van der Waals surface area contributed by atoms with Crippen molar-refractivity contribution < 1.29 is 19.4 Å². The second-order valence-electron chi connectivity index (χ2n) is 4.89. The van der Waals surface area contributed by atoms with Crippen LogP contribution in [0.15, 0.2) is 54.6 Å². The topological polar surface area (TPSA) is 89.6 Å². The minimum atomic E-state index is -0.959. The largest absolute Gasteiger partial charge is 0.481 e. The molecular weight excluding hydrogens is 282 g/mol. The first kappa shape index (κ1) is 15.7. The molecule has 0 heterocycles. The number of rotatable bonds is 6. The van der Waals surface area contributed by atoms with E-state index >= 15 is 0 Å². The molecule has 0 aliphatic rings. The Balaban J connectivity index is 1.95. The van der Waals surface area contributed by atoms with Gasteiger partial charge in [-0.3, -0.25) is 4.79 Å². The highest BCUT2D eigenvalue weighted by Gasteiger charge is 2.12. The van der Waals surface area contributed by atoms with Gasteiger partial charge in [0.15, 0.2) is 0 Å². The first-order valence-corrected chi connectivity index (χ1v) is 6.84. The summed E-state index contributed by atoms with van der Waals surface area (Å²) in [5, 5.41) is 8.71. The Labute approximate surface area is 128 Å². The predicted molar refractivity (Wildman–Crippen MR) is 81.2 cm³/mol. The highest BCUT2D eigenvalue weighted by molar-refractivity contribution is 5.89. The van der Waals surface area contributed by atoms with E-state index in [2.05, 4.69) is 0 Å². The van der Waals surface area contributed by atoms with Gasteiger partial charge in [-0.2, -0.15) is 0 Å². The fourth-order valence-electron chi connectivity index (χ4n) is 1.98. The van der Waals surface area contributed by atoms with Crippen LogP contribution in [0.1, 0.15) is 33.9 Å². The van der Waals surface area contributed by atoms with Gasteiger partial charge in [0.05, 0.1) is 12.0 Å². The van der Waals surface area contributed by atoms with Gasteiger partial charge in [0, 0.05) is 6.04 Å². The third kappa shape index (κ3) is 4.43. The van der Waals surface area contributed by atoms with Crippen LogP contribution in [0.5, 0.6) is 0 Å². The normalized spacial score (nSPS) is 11.7. The number of carboxylic acid groups (broad SMARTS) is 1. The number of benzene rings is 2. The molecule has 1 unspecified atom stereocenters. The summed E-state index contributed by atoms with van der Waals surface area (Å²) in [4.78, 5) is 22.6. The average Bonchev–Trinajstić information content (AvgIpc) is 2.53. The Bertz CT molecular complexity index is 637. The highest BCUT2D eigenvalue weighted by atomic mass is 16.5. The number of hydrogen-bond acceptors (Lipinski definition) is 4. The van der Waals surface area contributed by atoms with Crippen molar-refractivity contribution in [3.8, 4) is 0 Å². The molecule has 2 aromatic rings. The van der Waals surface area contributed by atoms with Crippen molar-refractivity contribution in [1.29, 1.82) is 0 Å². The second-order valence-corrected chi connectivity index (χ2v) is 4.89. The van der Waals surface area contributed by atoms with E-state index in [1.807, 2.05) is 30.3 Å². The second kappa shape index (κ2) is 7.38. The van der Waals surface area contributed by atoms with Crippen molar-refractivity contribution in [1.82, 2.24) is 0 Å². The minimum Gasteiger partial charge on any atom is -0.481 e. The highest BCUT2D eigenvalue weighted by Crippen LogP contribution is 2.15. The molecule has 0 aliphatic heterocycles. The summed E-state index contributed by atoms with van der Waals surface area (Å²) in [5.41, 5.74) is 7.75. The molecule has 5 nitrogen and oxygen atoms in total. The molecule has 0 aromatic heterocycles. The van der Waals surface area contributed by atoms with E-state index in [4.69, 9.17) is 15.6 Å². The molecule has 0 saturated heterocycles. The maximum absolute atomic E-state index is 11.9. The molecule has 0 radical (unpaired) electrons. The fraction of sp³-hybridized carbons (Fsp3) is 0.176. The van der Waals surface area contributed by atoms with Crippen LogP contribution in [0.4, 0.5) is 0 Å². The van der Waals surface area contributed by atoms with E-state index in [1.165, 1.54) is 0 Å². The maximum Gasteiger partial charge on any atom is 0.338 e. The number of ether oxygens (including phenoxy) is 1. The van der Waals surface area contributed by atoms with Crippen molar-refractivity contribution in [2.75, 3.05) is 0 Å². The summed E-state index contributed by atoms with van der Waals surface area (Å²) < 4.78 is 5.21. The molecule has 5 heteroatoms. The lowest BCUT2D eigenvalue weighted by Crippen LogP contribution is -2.15. The zero-order valence-electron chi connectivity index (χ0n) is 11.9. The van der Waals surface area contributed by atoms with Gasteiger partial charge in [0.25, 0.3) is 0 Å². The van der Waals surface area contributed by atoms with Crippen LogP contribution < -0.4 is 5.73 Å². The van der Waals surface area contributed by atoms with E-state index in [9.17, 15) is 9.59 Å². The molecule has 0 amide bonds. The quantitative estimate of drug-likeness (QED) is 0.800. The minimum absolute atomic E-state index is 0.155. The zero-order chi connectivity index (χ0) is 15.9. The monoisotopic (exact) mass is 299 g/mol. The van der Waals surface area contributed by atoms with Gasteiger partial charge in [0.2, 0.25) is 0 Å². The molecule has 1 atom stereocenters. The van der Waals surface area contributed by atoms with Crippen LogP contribution in [0, 0.1) is 0 Å². The lowest BCUT2D eigenvalue weighted by Gasteiger charge is -2.10. The van der Waals surface area contributed by atoms with Crippen molar-refractivity contribution in [2.24, 2.45) is 5.73 Å². The molecule has 2 rings (SSSR count). The number of esters is 1. The van der Waals surface area contributed by atoms with E-state index in [0.29, 0.717) is 11.1 Å². The molecule has 0 saturated carbocycles. The number of carbonyl (C=O) groups excluding carboxylic acids is 1. The Morgan fingerprint density at radius 2 is 1.68 bits per heavy atom. The van der Waals surface area contributed by atoms with Gasteiger partial charge in [-0.1, -0.05) is 42.5 Å². The molecule has 22 heavy (non-hydrogen) atoms. The number of carboxylic acids is 1. The molecule has 114 valence electrons. The van der Waals surface area contributed by atoms with Gasteiger partial charge >= 0.3 is 11.9 Å². The van der Waals surface area contributed by atoms with Crippen LogP contribution >= 0.6 is 0 Å². The van der Waals surface area contributed by atoms with E-state index in [-0.39, 0.29) is 13.0 Å². The molecule has 0 spiro atoms. The van der Waals surface area contributed by atoms with Gasteiger partial charge in [-0.15, -0.1) is 0 Å². The summed E-state index contributed by atoms with van der Waals surface area (Å²) in [6, 6.07) is 15.3. The fourth-order valence-corrected chi connectivity index (χ4v) is 1.98. The van der Waals surface area contributed by atoms with Crippen molar-refractivity contribution in [3.63, 3.8) is 0 Å². The Morgan fingerprint density at radius 1 is 1.05 bits per heavy atom. The summed E-state index contributed by atoms with van der Waals surface area (Å²) >= 11 is 0. The van der Waals surface area contributed by atoms with Crippen molar-refractivity contribution in [2.45, 2.75) is 19.1 Å². The molecular formula is C17H17NO4. The number of aliphatic carboxylic acids is 1. The van der Waals surface area contributed by atoms with Crippen molar-refractivity contribution in [3.05, 3.63) is 71.3 Å². The van der Waals surface area contributed by atoms with Crippen LogP contribution in [0.3, 0.4) is 0 Å². The van der Waals surface area contributed by atoms with Crippen LogP contribution in [0.2, 0.25) is 0 Å². The van der Waals surface area contributed by atoms with Crippen LogP contribution in [-0.2, 0) is 16.1 Å². The summed E-state index contributed by atoms with van der Waals surface area (Å²) in [6.45, 7) is 0.208. The van der Waals surface area contributed by atoms with Gasteiger partial charge in [-0.05, 0) is 23.3 Å². The van der Waals surface area contributed by atoms with E-state index < -0.39 is 18.0 Å². The molecule has 0 bridgehead atoms. The zero-order valence-corrected chi connectivity index (χ0v) is 11.9. The SMILES string of the molecule is NC(CC(=O)O)c1ccc(C(=O)OCc2ccccc2)cc1. The first-order valence-electron chi connectivity index (χ1n) is 6.84. The smallest absolute Gasteiger partial charge is 0.338 e. The number of hydrogen-bond donors (Lipinski definition) is 2. The molecule has 2 aromatic carbocycles. The first-order chi connectivity index (χ1) is 10.6.